The number of fused-ring (bicyclic) bond motifs is 2. The highest BCUT2D eigenvalue weighted by atomic mass is 32.2. The van der Waals surface area contributed by atoms with Crippen LogP contribution in [-0.2, 0) is 16.0 Å². The number of rotatable bonds is 6. The van der Waals surface area contributed by atoms with Crippen molar-refractivity contribution in [1.29, 1.82) is 0 Å². The van der Waals surface area contributed by atoms with Crippen molar-refractivity contribution in [1.82, 2.24) is 9.97 Å². The molecule has 3 aromatic rings. The zero-order valence-corrected chi connectivity index (χ0v) is 22.1. The number of aryl methyl sites for hydroxylation is 1. The van der Waals surface area contributed by atoms with Crippen LogP contribution in [-0.4, -0.2) is 57.2 Å². The zero-order valence-electron chi connectivity index (χ0n) is 21.2. The summed E-state index contributed by atoms with van der Waals surface area (Å²) in [6, 6.07) is 11.3. The number of carbonyl (C=O) groups excluding carboxylic acids is 2. The smallest absolute Gasteiger partial charge is 0.415 e. The number of amides is 2. The first-order valence-electron chi connectivity index (χ1n) is 13.0. The lowest BCUT2D eigenvalue weighted by molar-refractivity contribution is -0.113. The maximum absolute atomic E-state index is 12.9. The van der Waals surface area contributed by atoms with Crippen LogP contribution in [0, 0.1) is 0 Å². The first kappa shape index (κ1) is 24.9. The van der Waals surface area contributed by atoms with Gasteiger partial charge in [0.15, 0.2) is 0 Å². The van der Waals surface area contributed by atoms with Crippen molar-refractivity contribution < 1.29 is 24.2 Å². The van der Waals surface area contributed by atoms with Gasteiger partial charge in [0.1, 0.15) is 5.60 Å². The van der Waals surface area contributed by atoms with Gasteiger partial charge < -0.3 is 19.9 Å². The van der Waals surface area contributed by atoms with E-state index in [4.69, 9.17) is 9.47 Å². The van der Waals surface area contributed by atoms with Crippen LogP contribution in [0.3, 0.4) is 0 Å². The molecule has 0 radical (unpaired) electrons. The number of pyridine rings is 2. The molecule has 2 aliphatic heterocycles. The Bertz CT molecular complexity index is 1410. The maximum Gasteiger partial charge on any atom is 0.415 e. The van der Waals surface area contributed by atoms with Crippen LogP contribution >= 0.6 is 11.8 Å². The third-order valence-electron chi connectivity index (χ3n) is 7.76. The minimum Gasteiger partial charge on any atom is -0.478 e. The fourth-order valence-corrected chi connectivity index (χ4v) is 6.39. The molecule has 198 valence electrons. The molecular weight excluding hydrogens is 504 g/mol. The van der Waals surface area contributed by atoms with E-state index in [1.54, 1.807) is 11.1 Å². The van der Waals surface area contributed by atoms with E-state index in [0.717, 1.165) is 27.2 Å². The second kappa shape index (κ2) is 9.74. The number of hydrogen-bond donors (Lipinski definition) is 2. The summed E-state index contributed by atoms with van der Waals surface area (Å²) in [6.45, 7) is 2.90. The first-order valence-corrected chi connectivity index (χ1v) is 14.0. The average Bonchev–Trinajstić information content (AvgIpc) is 3.25. The van der Waals surface area contributed by atoms with Crippen molar-refractivity contribution in [2.24, 2.45) is 0 Å². The Balaban J connectivity index is 1.12. The Morgan fingerprint density at radius 1 is 1.16 bits per heavy atom. The molecule has 0 unspecified atom stereocenters. The Hall–Kier alpha value is -3.37. The highest BCUT2D eigenvalue weighted by molar-refractivity contribution is 8.00. The van der Waals surface area contributed by atoms with Gasteiger partial charge in [-0.2, -0.15) is 0 Å². The number of aromatic nitrogens is 2. The summed E-state index contributed by atoms with van der Waals surface area (Å²) in [5, 5.41) is 14.3. The van der Waals surface area contributed by atoms with Gasteiger partial charge in [-0.25, -0.2) is 9.78 Å². The molecule has 0 atom stereocenters. The predicted octanol–water partition coefficient (Wildman–Crippen LogP) is 4.71. The Morgan fingerprint density at radius 2 is 2.00 bits per heavy atom. The normalized spacial score (nSPS) is 24.8. The molecule has 2 fully saturated rings. The lowest BCUT2D eigenvalue weighted by atomic mass is 9.73. The molecule has 1 saturated heterocycles. The average molecular weight is 535 g/mol. The van der Waals surface area contributed by atoms with E-state index in [1.807, 2.05) is 43.3 Å². The minimum atomic E-state index is -0.842. The summed E-state index contributed by atoms with van der Waals surface area (Å²) in [5.41, 5.74) is 2.61. The van der Waals surface area contributed by atoms with Gasteiger partial charge in [-0.15, -0.1) is 11.8 Å². The molecule has 1 aromatic carbocycles. The van der Waals surface area contributed by atoms with Crippen molar-refractivity contribution in [2.45, 2.75) is 61.5 Å². The molecule has 3 aliphatic rings. The van der Waals surface area contributed by atoms with Crippen LogP contribution in [0.25, 0.3) is 11.0 Å². The third kappa shape index (κ3) is 4.78. The molecule has 10 heteroatoms. The lowest BCUT2D eigenvalue weighted by Gasteiger charge is -2.40. The van der Waals surface area contributed by atoms with Gasteiger partial charge in [0.05, 0.1) is 41.2 Å². The van der Waals surface area contributed by atoms with E-state index in [2.05, 4.69) is 15.3 Å². The zero-order chi connectivity index (χ0) is 26.3. The number of benzene rings is 1. The second-order valence-corrected chi connectivity index (χ2v) is 11.3. The SMILES string of the molecule is CCOc1ccc2nccc(CC[C@]3(O)CC[C@@]4(CC3)CN(c3ccc5c(c3)NC(=O)CS5)C(=O)O4)c2n1. The Kier molecular flexibility index (Phi) is 6.39. The van der Waals surface area contributed by atoms with Crippen LogP contribution in [0.1, 0.15) is 44.6 Å². The molecule has 1 aliphatic carbocycles. The highest BCUT2D eigenvalue weighted by Crippen LogP contribution is 2.45. The standard InChI is InChI=1S/C28H30N4O5S/c1-2-36-24-6-4-20-25(31-24)18(8-14-29-20)7-9-27(35)10-12-28(13-11-27)17-32(26(34)37-28)19-3-5-22-21(15-19)30-23(33)16-38-22/h3-6,8,14-15,35H,2,7,9-13,16-17H2,1H3,(H,30,33)/t27-,28+. The number of aliphatic hydroxyl groups is 1. The predicted molar refractivity (Wildman–Crippen MR) is 145 cm³/mol. The lowest BCUT2D eigenvalue weighted by Crippen LogP contribution is -2.45. The molecule has 2 amide bonds. The Morgan fingerprint density at radius 3 is 2.82 bits per heavy atom. The van der Waals surface area contributed by atoms with Gasteiger partial charge in [-0.3, -0.25) is 14.7 Å². The highest BCUT2D eigenvalue weighted by Gasteiger charge is 2.50. The van der Waals surface area contributed by atoms with Crippen molar-refractivity contribution in [2.75, 3.05) is 29.1 Å². The van der Waals surface area contributed by atoms with E-state index in [1.165, 1.54) is 11.8 Å². The van der Waals surface area contributed by atoms with Crippen LogP contribution in [0.15, 0.2) is 47.5 Å². The number of ether oxygens (including phenoxy) is 2. The molecular formula is C28H30N4O5S. The van der Waals surface area contributed by atoms with Crippen molar-refractivity contribution in [3.63, 3.8) is 0 Å². The number of carbonyl (C=O) groups is 2. The number of thioether (sulfide) groups is 1. The number of nitrogens with zero attached hydrogens (tertiary/aromatic N) is 3. The summed E-state index contributed by atoms with van der Waals surface area (Å²) in [5.74, 6) is 0.920. The fraction of sp³-hybridized carbons (Fsp3) is 0.429. The molecule has 9 nitrogen and oxygen atoms in total. The molecule has 4 heterocycles. The maximum atomic E-state index is 12.9. The van der Waals surface area contributed by atoms with Gasteiger partial charge in [0.25, 0.3) is 0 Å². The third-order valence-corrected chi connectivity index (χ3v) is 8.84. The molecule has 1 spiro atoms. The summed E-state index contributed by atoms with van der Waals surface area (Å²) in [7, 11) is 0. The van der Waals surface area contributed by atoms with Crippen LogP contribution in [0.4, 0.5) is 16.2 Å². The van der Waals surface area contributed by atoms with E-state index >= 15 is 0 Å². The van der Waals surface area contributed by atoms with Gasteiger partial charge in [0, 0.05) is 22.8 Å². The monoisotopic (exact) mass is 534 g/mol. The molecule has 2 aromatic heterocycles. The quantitative estimate of drug-likeness (QED) is 0.468. The van der Waals surface area contributed by atoms with Crippen molar-refractivity contribution in [3.8, 4) is 5.88 Å². The van der Waals surface area contributed by atoms with Gasteiger partial charge in [-0.1, -0.05) is 0 Å². The summed E-state index contributed by atoms with van der Waals surface area (Å²) in [4.78, 5) is 36.4. The fourth-order valence-electron chi connectivity index (χ4n) is 5.60. The topological polar surface area (TPSA) is 114 Å². The van der Waals surface area contributed by atoms with E-state index < -0.39 is 11.2 Å². The second-order valence-electron chi connectivity index (χ2n) is 10.3. The largest absolute Gasteiger partial charge is 0.478 e. The minimum absolute atomic E-state index is 0.0445. The first-order chi connectivity index (χ1) is 18.4. The molecule has 6 rings (SSSR count). The number of anilines is 2. The van der Waals surface area contributed by atoms with Crippen molar-refractivity contribution >= 4 is 46.2 Å². The van der Waals surface area contributed by atoms with Crippen LogP contribution in [0.5, 0.6) is 5.88 Å². The van der Waals surface area contributed by atoms with Gasteiger partial charge in [0.2, 0.25) is 11.8 Å². The number of hydrogen-bond acceptors (Lipinski definition) is 8. The van der Waals surface area contributed by atoms with E-state index in [-0.39, 0.29) is 12.0 Å². The summed E-state index contributed by atoms with van der Waals surface area (Å²) < 4.78 is 11.5. The molecule has 2 N–H and O–H groups in total. The summed E-state index contributed by atoms with van der Waals surface area (Å²) in [6.07, 6.45) is 4.91. The van der Waals surface area contributed by atoms with E-state index in [9.17, 15) is 14.7 Å². The van der Waals surface area contributed by atoms with Gasteiger partial charge in [-0.05, 0) is 81.3 Å². The van der Waals surface area contributed by atoms with Crippen LogP contribution in [0.2, 0.25) is 0 Å². The summed E-state index contributed by atoms with van der Waals surface area (Å²) >= 11 is 1.49. The Labute approximate surface area is 224 Å². The van der Waals surface area contributed by atoms with Gasteiger partial charge >= 0.3 is 6.09 Å². The molecule has 0 bridgehead atoms. The molecule has 38 heavy (non-hydrogen) atoms. The van der Waals surface area contributed by atoms with Crippen molar-refractivity contribution in [3.05, 3.63) is 48.2 Å². The van der Waals surface area contributed by atoms with E-state index in [0.29, 0.717) is 69.0 Å². The van der Waals surface area contributed by atoms with Crippen LogP contribution < -0.4 is 15.0 Å². The number of nitrogens with one attached hydrogen (secondary N) is 1. The molecule has 1 saturated carbocycles.